The van der Waals surface area contributed by atoms with Crippen LogP contribution in [0.2, 0.25) is 5.02 Å². The second kappa shape index (κ2) is 7.49. The molecule has 0 spiro atoms. The number of aromatic nitrogens is 7. The standard InChI is InChI=1S/C19H19ClFN7O/c1-19(2,3)29-7-6-27-10-12(9-24-27)16-17-18(23-11-22-16)28(26-25-17)13-4-5-14(20)15(21)8-13/h4-5,8-11H,6-7H2,1-3H3. The molecule has 4 rings (SSSR count). The van der Waals surface area contributed by atoms with Gasteiger partial charge in [0.25, 0.3) is 0 Å². The monoisotopic (exact) mass is 415 g/mol. The zero-order valence-electron chi connectivity index (χ0n) is 16.2. The number of fused-ring (bicyclic) bond motifs is 1. The first-order valence-electron chi connectivity index (χ1n) is 9.00. The van der Waals surface area contributed by atoms with Crippen molar-refractivity contribution in [2.45, 2.75) is 32.9 Å². The van der Waals surface area contributed by atoms with E-state index in [1.165, 1.54) is 23.1 Å². The Bertz CT molecular complexity index is 1170. The summed E-state index contributed by atoms with van der Waals surface area (Å²) in [5.41, 5.74) is 2.60. The fourth-order valence-electron chi connectivity index (χ4n) is 2.80. The van der Waals surface area contributed by atoms with Crippen LogP contribution < -0.4 is 0 Å². The van der Waals surface area contributed by atoms with Crippen molar-refractivity contribution in [1.29, 1.82) is 0 Å². The van der Waals surface area contributed by atoms with Gasteiger partial charge in [0.1, 0.15) is 17.8 Å². The van der Waals surface area contributed by atoms with Crippen LogP contribution in [-0.2, 0) is 11.3 Å². The summed E-state index contributed by atoms with van der Waals surface area (Å²) < 4.78 is 22.8. The summed E-state index contributed by atoms with van der Waals surface area (Å²) in [6.45, 7) is 7.18. The highest BCUT2D eigenvalue weighted by Crippen LogP contribution is 2.25. The molecule has 3 heterocycles. The predicted octanol–water partition coefficient (Wildman–Crippen LogP) is 3.68. The minimum Gasteiger partial charge on any atom is -0.374 e. The van der Waals surface area contributed by atoms with Crippen LogP contribution in [0.4, 0.5) is 4.39 Å². The molecule has 3 aromatic heterocycles. The van der Waals surface area contributed by atoms with E-state index in [1.54, 1.807) is 16.9 Å². The minimum absolute atomic E-state index is 0.0383. The van der Waals surface area contributed by atoms with Gasteiger partial charge in [-0.25, -0.2) is 14.4 Å². The number of rotatable bonds is 5. The number of ether oxygens (including phenoxy) is 1. The molecule has 10 heteroatoms. The number of halogens is 2. The largest absolute Gasteiger partial charge is 0.374 e. The summed E-state index contributed by atoms with van der Waals surface area (Å²) >= 11 is 5.76. The Labute approximate surface area is 171 Å². The Hall–Kier alpha value is -2.91. The van der Waals surface area contributed by atoms with Crippen molar-refractivity contribution >= 4 is 22.8 Å². The average Bonchev–Trinajstić information content (AvgIpc) is 3.30. The average molecular weight is 416 g/mol. The van der Waals surface area contributed by atoms with Crippen LogP contribution in [0.5, 0.6) is 0 Å². The van der Waals surface area contributed by atoms with E-state index < -0.39 is 5.82 Å². The van der Waals surface area contributed by atoms with Crippen LogP contribution in [0.3, 0.4) is 0 Å². The third-order valence-electron chi connectivity index (χ3n) is 4.15. The van der Waals surface area contributed by atoms with Crippen LogP contribution in [0.25, 0.3) is 28.1 Å². The fourth-order valence-corrected chi connectivity index (χ4v) is 2.92. The molecule has 29 heavy (non-hydrogen) atoms. The van der Waals surface area contributed by atoms with Crippen LogP contribution in [0.15, 0.2) is 36.9 Å². The molecule has 0 unspecified atom stereocenters. The Morgan fingerprint density at radius 1 is 1.21 bits per heavy atom. The quantitative estimate of drug-likeness (QED) is 0.494. The van der Waals surface area contributed by atoms with Gasteiger partial charge in [-0.1, -0.05) is 16.8 Å². The van der Waals surface area contributed by atoms with Gasteiger partial charge in [-0.2, -0.15) is 9.78 Å². The van der Waals surface area contributed by atoms with Crippen LogP contribution in [-0.4, -0.2) is 47.0 Å². The van der Waals surface area contributed by atoms with E-state index in [0.29, 0.717) is 35.7 Å². The molecule has 0 saturated carbocycles. The van der Waals surface area contributed by atoms with Crippen molar-refractivity contribution in [3.05, 3.63) is 47.8 Å². The summed E-state index contributed by atoms with van der Waals surface area (Å²) in [6, 6.07) is 4.39. The van der Waals surface area contributed by atoms with Crippen molar-refractivity contribution < 1.29 is 9.13 Å². The molecule has 0 fully saturated rings. The molecule has 0 radical (unpaired) electrons. The highest BCUT2D eigenvalue weighted by atomic mass is 35.5. The van der Waals surface area contributed by atoms with Crippen LogP contribution >= 0.6 is 11.6 Å². The summed E-state index contributed by atoms with van der Waals surface area (Å²) in [4.78, 5) is 8.61. The van der Waals surface area contributed by atoms with E-state index >= 15 is 0 Å². The summed E-state index contributed by atoms with van der Waals surface area (Å²) in [5.74, 6) is -0.541. The van der Waals surface area contributed by atoms with E-state index in [4.69, 9.17) is 16.3 Å². The first kappa shape index (κ1) is 19.4. The molecular weight excluding hydrogens is 397 g/mol. The SMILES string of the molecule is CC(C)(C)OCCn1cc(-c2ncnc3c2nnn3-c2ccc(Cl)c(F)c2)cn1. The highest BCUT2D eigenvalue weighted by Gasteiger charge is 2.17. The van der Waals surface area contributed by atoms with E-state index in [9.17, 15) is 4.39 Å². The zero-order valence-corrected chi connectivity index (χ0v) is 16.9. The molecule has 0 saturated heterocycles. The predicted molar refractivity (Wildman–Crippen MR) is 106 cm³/mol. The zero-order chi connectivity index (χ0) is 20.6. The topological polar surface area (TPSA) is 83.5 Å². The molecule has 1 aromatic carbocycles. The minimum atomic E-state index is -0.541. The van der Waals surface area contributed by atoms with Gasteiger partial charge in [0.05, 0.1) is 35.7 Å². The van der Waals surface area contributed by atoms with Crippen LogP contribution in [0, 0.1) is 5.82 Å². The van der Waals surface area contributed by atoms with Gasteiger partial charge < -0.3 is 4.74 Å². The van der Waals surface area contributed by atoms with E-state index in [-0.39, 0.29) is 10.6 Å². The van der Waals surface area contributed by atoms with Gasteiger partial charge in [0.2, 0.25) is 0 Å². The number of hydrogen-bond donors (Lipinski definition) is 0. The molecular formula is C19H19ClFN7O. The van der Waals surface area contributed by atoms with Gasteiger partial charge in [0.15, 0.2) is 11.2 Å². The Balaban J connectivity index is 1.64. The van der Waals surface area contributed by atoms with Crippen molar-refractivity contribution in [1.82, 2.24) is 34.7 Å². The Morgan fingerprint density at radius 2 is 2.03 bits per heavy atom. The molecule has 150 valence electrons. The smallest absolute Gasteiger partial charge is 0.187 e. The maximum absolute atomic E-state index is 13.8. The van der Waals surface area contributed by atoms with Crippen LogP contribution in [0.1, 0.15) is 20.8 Å². The second-order valence-electron chi connectivity index (χ2n) is 7.45. The maximum Gasteiger partial charge on any atom is 0.187 e. The molecule has 0 amide bonds. The molecule has 8 nitrogen and oxygen atoms in total. The summed E-state index contributed by atoms with van der Waals surface area (Å²) in [7, 11) is 0. The van der Waals surface area contributed by atoms with Gasteiger partial charge in [-0.3, -0.25) is 4.68 Å². The Kier molecular flexibility index (Phi) is 5.01. The third-order valence-corrected chi connectivity index (χ3v) is 4.45. The first-order valence-corrected chi connectivity index (χ1v) is 9.38. The lowest BCUT2D eigenvalue weighted by atomic mass is 10.2. The molecule has 0 aliphatic rings. The van der Waals surface area contributed by atoms with E-state index in [0.717, 1.165) is 5.56 Å². The third kappa shape index (κ3) is 4.10. The van der Waals surface area contributed by atoms with Gasteiger partial charge in [-0.05, 0) is 32.9 Å². The lowest BCUT2D eigenvalue weighted by Crippen LogP contribution is -2.21. The molecule has 0 bridgehead atoms. The van der Waals surface area contributed by atoms with E-state index in [2.05, 4.69) is 25.4 Å². The first-order chi connectivity index (χ1) is 13.8. The second-order valence-corrected chi connectivity index (χ2v) is 7.85. The lowest BCUT2D eigenvalue weighted by molar-refractivity contribution is -0.00789. The van der Waals surface area contributed by atoms with Crippen molar-refractivity contribution in [2.75, 3.05) is 6.61 Å². The van der Waals surface area contributed by atoms with Gasteiger partial charge in [0, 0.05) is 17.8 Å². The van der Waals surface area contributed by atoms with Gasteiger partial charge in [-0.15, -0.1) is 5.10 Å². The van der Waals surface area contributed by atoms with E-state index in [1.807, 2.05) is 27.0 Å². The number of benzene rings is 1. The van der Waals surface area contributed by atoms with Crippen molar-refractivity contribution in [3.8, 4) is 16.9 Å². The molecule has 0 aliphatic carbocycles. The maximum atomic E-state index is 13.8. The van der Waals surface area contributed by atoms with Gasteiger partial charge >= 0.3 is 0 Å². The highest BCUT2D eigenvalue weighted by molar-refractivity contribution is 6.30. The van der Waals surface area contributed by atoms with Crippen molar-refractivity contribution in [3.63, 3.8) is 0 Å². The molecule has 0 N–H and O–H groups in total. The fraction of sp³-hybridized carbons (Fsp3) is 0.316. The number of hydrogen-bond acceptors (Lipinski definition) is 6. The normalized spacial score (nSPS) is 12.0. The summed E-state index contributed by atoms with van der Waals surface area (Å²) in [5, 5.41) is 12.7. The Morgan fingerprint density at radius 3 is 2.79 bits per heavy atom. The summed E-state index contributed by atoms with van der Waals surface area (Å²) in [6.07, 6.45) is 5.00. The lowest BCUT2D eigenvalue weighted by Gasteiger charge is -2.19. The molecule has 4 aromatic rings. The molecule has 0 atom stereocenters. The molecule has 0 aliphatic heterocycles. The van der Waals surface area contributed by atoms with Crippen molar-refractivity contribution in [2.24, 2.45) is 0 Å². The number of nitrogens with zero attached hydrogens (tertiary/aromatic N) is 7.